The fourth-order valence-corrected chi connectivity index (χ4v) is 1.68. The van der Waals surface area contributed by atoms with Crippen molar-refractivity contribution in [1.82, 2.24) is 4.98 Å². The fourth-order valence-electron chi connectivity index (χ4n) is 0.760. The van der Waals surface area contributed by atoms with E-state index in [9.17, 15) is 13.2 Å². The Morgan fingerprint density at radius 1 is 1.46 bits per heavy atom. The number of hydrogen-bond acceptors (Lipinski definition) is 1. The van der Waals surface area contributed by atoms with Crippen molar-refractivity contribution >= 4 is 31.9 Å². The molecule has 1 nitrogen and oxygen atoms in total. The highest BCUT2D eigenvalue weighted by atomic mass is 79.9. The predicted octanol–water partition coefficient (Wildman–Crippen LogP) is 3.82. The lowest BCUT2D eigenvalue weighted by atomic mass is 10.2. The molecule has 0 N–H and O–H groups in total. The summed E-state index contributed by atoms with van der Waals surface area (Å²) >= 11 is 5.75. The number of alkyl halides is 3. The maximum absolute atomic E-state index is 13.2. The molecule has 0 saturated carbocycles. The van der Waals surface area contributed by atoms with E-state index in [0.29, 0.717) is 0 Å². The average molecular weight is 319 g/mol. The Kier molecular flexibility index (Phi) is 3.73. The molecule has 0 radical (unpaired) electrons. The maximum Gasteiger partial charge on any atom is 0.281 e. The van der Waals surface area contributed by atoms with Crippen LogP contribution in [0.1, 0.15) is 17.7 Å². The first-order valence-corrected chi connectivity index (χ1v) is 5.16. The van der Waals surface area contributed by atoms with Crippen molar-refractivity contribution in [2.75, 3.05) is 0 Å². The molecule has 1 aromatic heterocycles. The summed E-state index contributed by atoms with van der Waals surface area (Å²) in [6.07, 6.45) is -1.68. The van der Waals surface area contributed by atoms with Crippen LogP contribution in [-0.4, -0.2) is 4.98 Å². The minimum absolute atomic E-state index is 0.244. The molecule has 1 heterocycles. The van der Waals surface area contributed by atoms with Crippen molar-refractivity contribution in [3.63, 3.8) is 0 Å². The quantitative estimate of drug-likeness (QED) is 0.756. The third kappa shape index (κ3) is 2.22. The minimum Gasteiger partial charge on any atom is -0.254 e. The monoisotopic (exact) mass is 317 g/mol. The van der Waals surface area contributed by atoms with E-state index < -0.39 is 17.9 Å². The van der Waals surface area contributed by atoms with E-state index in [0.717, 1.165) is 6.20 Å². The molecule has 0 aliphatic heterocycles. The Morgan fingerprint density at radius 3 is 2.54 bits per heavy atom. The summed E-state index contributed by atoms with van der Waals surface area (Å²) in [5.41, 5.74) is -0.321. The Morgan fingerprint density at radius 2 is 2.08 bits per heavy atom. The highest BCUT2D eigenvalue weighted by Crippen LogP contribution is 2.29. The molecule has 0 spiro atoms. The molecule has 0 atom stereocenters. The van der Waals surface area contributed by atoms with Gasteiger partial charge < -0.3 is 0 Å². The molecule has 6 heteroatoms. The Balaban J connectivity index is 3.23. The van der Waals surface area contributed by atoms with E-state index in [1.165, 1.54) is 0 Å². The van der Waals surface area contributed by atoms with Gasteiger partial charge in [-0.15, -0.1) is 0 Å². The molecule has 0 aliphatic rings. The van der Waals surface area contributed by atoms with Crippen LogP contribution < -0.4 is 0 Å². The number of rotatable bonds is 2. The van der Waals surface area contributed by atoms with Crippen molar-refractivity contribution in [2.24, 2.45) is 0 Å². The Bertz CT molecular complexity index is 317. The Hall–Kier alpha value is -0.100. The smallest absolute Gasteiger partial charge is 0.254 e. The summed E-state index contributed by atoms with van der Waals surface area (Å²) in [7, 11) is 0. The van der Waals surface area contributed by atoms with Crippen LogP contribution in [0.25, 0.3) is 0 Å². The number of hydrogen-bond donors (Lipinski definition) is 0. The molecule has 0 fully saturated rings. The first-order valence-electron chi connectivity index (χ1n) is 3.24. The average Bonchev–Trinajstić information content (AvgIpc) is 2.09. The third-order valence-electron chi connectivity index (χ3n) is 1.41. The summed E-state index contributed by atoms with van der Waals surface area (Å²) in [6, 6.07) is 0. The molecule has 72 valence electrons. The van der Waals surface area contributed by atoms with E-state index >= 15 is 0 Å². The normalized spacial score (nSPS) is 10.9. The Labute approximate surface area is 89.6 Å². The van der Waals surface area contributed by atoms with E-state index in [1.54, 1.807) is 0 Å². The van der Waals surface area contributed by atoms with Gasteiger partial charge in [-0.25, -0.2) is 13.2 Å². The van der Waals surface area contributed by atoms with Crippen LogP contribution in [0.5, 0.6) is 0 Å². The summed E-state index contributed by atoms with van der Waals surface area (Å²) in [6.45, 7) is 0. The van der Waals surface area contributed by atoms with Crippen molar-refractivity contribution in [3.05, 3.63) is 27.7 Å². The second-order valence-electron chi connectivity index (χ2n) is 2.23. The van der Waals surface area contributed by atoms with Crippen LogP contribution in [0, 0.1) is 5.82 Å². The highest BCUT2D eigenvalue weighted by Gasteiger charge is 2.18. The summed E-state index contributed by atoms with van der Waals surface area (Å²) < 4.78 is 37.3. The predicted molar refractivity (Wildman–Crippen MR) is 49.5 cm³/mol. The molecule has 0 unspecified atom stereocenters. The van der Waals surface area contributed by atoms with Gasteiger partial charge in [0.15, 0.2) is 0 Å². The lowest BCUT2D eigenvalue weighted by Crippen LogP contribution is -1.98. The van der Waals surface area contributed by atoms with Crippen LogP contribution in [0.15, 0.2) is 10.7 Å². The van der Waals surface area contributed by atoms with Gasteiger partial charge in [-0.1, -0.05) is 15.9 Å². The van der Waals surface area contributed by atoms with Gasteiger partial charge in [-0.2, -0.15) is 0 Å². The number of halogens is 5. The zero-order valence-corrected chi connectivity index (χ0v) is 9.37. The standard InChI is InChI=1S/C7H4Br2F3N/c8-1-3-2-13-6(7(11)12)4(9)5(3)10/h2,7H,1H2. The van der Waals surface area contributed by atoms with E-state index in [1.807, 2.05) is 0 Å². The van der Waals surface area contributed by atoms with Crippen LogP contribution in [0.2, 0.25) is 0 Å². The second-order valence-corrected chi connectivity index (χ2v) is 3.58. The third-order valence-corrected chi connectivity index (χ3v) is 2.77. The van der Waals surface area contributed by atoms with E-state index in [2.05, 4.69) is 36.8 Å². The molecule has 1 aromatic rings. The van der Waals surface area contributed by atoms with Crippen molar-refractivity contribution < 1.29 is 13.2 Å². The zero-order chi connectivity index (χ0) is 10.0. The van der Waals surface area contributed by atoms with Crippen molar-refractivity contribution in [3.8, 4) is 0 Å². The zero-order valence-electron chi connectivity index (χ0n) is 6.20. The van der Waals surface area contributed by atoms with Gasteiger partial charge >= 0.3 is 0 Å². The first-order chi connectivity index (χ1) is 6.07. The van der Waals surface area contributed by atoms with Crippen molar-refractivity contribution in [2.45, 2.75) is 11.8 Å². The number of aromatic nitrogens is 1. The largest absolute Gasteiger partial charge is 0.281 e. The molecule has 0 bridgehead atoms. The van der Waals surface area contributed by atoms with Crippen molar-refractivity contribution in [1.29, 1.82) is 0 Å². The fraction of sp³-hybridized carbons (Fsp3) is 0.286. The van der Waals surface area contributed by atoms with Gasteiger partial charge in [-0.05, 0) is 15.9 Å². The summed E-state index contributed by atoms with van der Waals surface area (Å²) in [5, 5.41) is 0.244. The lowest BCUT2D eigenvalue weighted by Gasteiger charge is -2.05. The maximum atomic E-state index is 13.2. The van der Waals surface area contributed by atoms with E-state index in [4.69, 9.17) is 0 Å². The second kappa shape index (κ2) is 4.41. The molecule has 0 aliphatic carbocycles. The topological polar surface area (TPSA) is 12.9 Å². The molecule has 13 heavy (non-hydrogen) atoms. The summed E-state index contributed by atoms with van der Waals surface area (Å²) in [5.74, 6) is -0.692. The number of nitrogens with zero attached hydrogens (tertiary/aromatic N) is 1. The molecular formula is C7H4Br2F3N. The van der Waals surface area contributed by atoms with Crippen LogP contribution in [0.4, 0.5) is 13.2 Å². The minimum atomic E-state index is -2.77. The number of pyridine rings is 1. The van der Waals surface area contributed by atoms with Crippen LogP contribution in [-0.2, 0) is 5.33 Å². The molecule has 0 aromatic carbocycles. The van der Waals surface area contributed by atoms with Crippen LogP contribution >= 0.6 is 31.9 Å². The molecule has 0 amide bonds. The van der Waals surface area contributed by atoms with Gasteiger partial charge in [0.2, 0.25) is 0 Å². The summed E-state index contributed by atoms with van der Waals surface area (Å²) in [4.78, 5) is 3.44. The molecule has 1 rings (SSSR count). The van der Waals surface area contributed by atoms with Gasteiger partial charge in [0, 0.05) is 17.1 Å². The van der Waals surface area contributed by atoms with Gasteiger partial charge in [0.05, 0.1) is 4.47 Å². The molecule has 0 saturated heterocycles. The van der Waals surface area contributed by atoms with E-state index in [-0.39, 0.29) is 15.4 Å². The highest BCUT2D eigenvalue weighted by molar-refractivity contribution is 9.10. The SMILES string of the molecule is Fc1c(CBr)cnc(C(F)F)c1Br. The first kappa shape index (κ1) is 11.0. The lowest BCUT2D eigenvalue weighted by molar-refractivity contribution is 0.144. The molecular weight excluding hydrogens is 315 g/mol. The van der Waals surface area contributed by atoms with Crippen LogP contribution in [0.3, 0.4) is 0 Å². The van der Waals surface area contributed by atoms with Gasteiger partial charge in [0.1, 0.15) is 11.5 Å². The van der Waals surface area contributed by atoms with Gasteiger partial charge in [-0.3, -0.25) is 4.98 Å². The van der Waals surface area contributed by atoms with Gasteiger partial charge in [0.25, 0.3) is 6.43 Å².